The van der Waals surface area contributed by atoms with Crippen LogP contribution < -0.4 is 11.5 Å². The Morgan fingerprint density at radius 1 is 1.53 bits per heavy atom. The lowest BCUT2D eigenvalue weighted by Crippen LogP contribution is -1.99. The molecule has 2 aromatic heterocycles. The van der Waals surface area contributed by atoms with Crippen molar-refractivity contribution < 1.29 is 4.42 Å². The van der Waals surface area contributed by atoms with Gasteiger partial charge in [0.1, 0.15) is 0 Å². The van der Waals surface area contributed by atoms with E-state index in [1.54, 1.807) is 16.8 Å². The monoisotopic (exact) mass is 322 g/mol. The molecule has 98 valence electrons. The van der Waals surface area contributed by atoms with Crippen molar-refractivity contribution in [1.29, 1.82) is 0 Å². The SMILES string of the molecule is Cn1nc(CN)c(Br)c1-c1ccc2[nH]c(=O)oc2c1. The lowest BCUT2D eigenvalue weighted by Gasteiger charge is -2.02. The summed E-state index contributed by atoms with van der Waals surface area (Å²) in [4.78, 5) is 13.8. The van der Waals surface area contributed by atoms with Gasteiger partial charge in [0, 0.05) is 19.2 Å². The zero-order chi connectivity index (χ0) is 13.6. The van der Waals surface area contributed by atoms with Crippen LogP contribution in [0.5, 0.6) is 0 Å². The Kier molecular flexibility index (Phi) is 2.79. The molecule has 0 bridgehead atoms. The van der Waals surface area contributed by atoms with Crippen LogP contribution in [0.2, 0.25) is 0 Å². The maximum absolute atomic E-state index is 11.2. The second kappa shape index (κ2) is 4.36. The minimum absolute atomic E-state index is 0.357. The number of rotatable bonds is 2. The molecule has 0 amide bonds. The number of halogens is 1. The number of nitrogens with one attached hydrogen (secondary N) is 1. The molecule has 0 saturated heterocycles. The van der Waals surface area contributed by atoms with Crippen LogP contribution >= 0.6 is 15.9 Å². The van der Waals surface area contributed by atoms with Crippen LogP contribution in [0.4, 0.5) is 0 Å². The average Bonchev–Trinajstić information content (AvgIpc) is 2.87. The van der Waals surface area contributed by atoms with Crippen LogP contribution in [0, 0.1) is 0 Å². The number of hydrogen-bond acceptors (Lipinski definition) is 4. The Hall–Kier alpha value is -1.86. The first-order valence-corrected chi connectivity index (χ1v) is 6.44. The number of benzene rings is 1. The summed E-state index contributed by atoms with van der Waals surface area (Å²) in [5.41, 5.74) is 9.40. The molecule has 0 aliphatic rings. The minimum Gasteiger partial charge on any atom is -0.408 e. The molecule has 0 unspecified atom stereocenters. The van der Waals surface area contributed by atoms with E-state index in [0.29, 0.717) is 17.6 Å². The van der Waals surface area contributed by atoms with Gasteiger partial charge >= 0.3 is 5.76 Å². The van der Waals surface area contributed by atoms with Crippen molar-refractivity contribution in [3.63, 3.8) is 0 Å². The van der Waals surface area contributed by atoms with Gasteiger partial charge in [-0.3, -0.25) is 9.67 Å². The molecule has 3 N–H and O–H groups in total. The molecule has 19 heavy (non-hydrogen) atoms. The van der Waals surface area contributed by atoms with Gasteiger partial charge in [-0.1, -0.05) is 6.07 Å². The van der Waals surface area contributed by atoms with E-state index in [0.717, 1.165) is 21.4 Å². The Labute approximate surface area is 116 Å². The van der Waals surface area contributed by atoms with E-state index in [9.17, 15) is 4.79 Å². The molecule has 3 rings (SSSR count). The summed E-state index contributed by atoms with van der Waals surface area (Å²) in [7, 11) is 1.84. The number of nitrogens with zero attached hydrogens (tertiary/aromatic N) is 2. The summed E-state index contributed by atoms with van der Waals surface area (Å²) in [5.74, 6) is -0.459. The fraction of sp³-hybridized carbons (Fsp3) is 0.167. The number of hydrogen-bond donors (Lipinski definition) is 2. The van der Waals surface area contributed by atoms with Gasteiger partial charge in [-0.25, -0.2) is 4.79 Å². The quantitative estimate of drug-likeness (QED) is 0.752. The zero-order valence-electron chi connectivity index (χ0n) is 10.1. The first-order valence-electron chi connectivity index (χ1n) is 5.65. The smallest absolute Gasteiger partial charge is 0.408 e. The van der Waals surface area contributed by atoms with Crippen molar-refractivity contribution in [3.05, 3.63) is 38.9 Å². The number of H-pyrrole nitrogens is 1. The lowest BCUT2D eigenvalue weighted by atomic mass is 10.1. The number of nitrogens with two attached hydrogens (primary N) is 1. The Bertz CT molecular complexity index is 815. The number of aromatic nitrogens is 3. The Morgan fingerprint density at radius 2 is 2.32 bits per heavy atom. The van der Waals surface area contributed by atoms with E-state index in [-0.39, 0.29) is 0 Å². The second-order valence-corrected chi connectivity index (χ2v) is 4.96. The van der Waals surface area contributed by atoms with E-state index < -0.39 is 5.76 Å². The second-order valence-electron chi connectivity index (χ2n) is 4.16. The predicted octanol–water partition coefficient (Wildman–Crippen LogP) is 1.74. The van der Waals surface area contributed by atoms with Gasteiger partial charge in [0.05, 0.1) is 21.4 Å². The summed E-state index contributed by atoms with van der Waals surface area (Å²) in [6.07, 6.45) is 0. The fourth-order valence-electron chi connectivity index (χ4n) is 2.09. The van der Waals surface area contributed by atoms with Crippen molar-refractivity contribution in [2.24, 2.45) is 12.8 Å². The molecule has 7 heteroatoms. The van der Waals surface area contributed by atoms with Gasteiger partial charge in [0.25, 0.3) is 0 Å². The van der Waals surface area contributed by atoms with Crippen molar-refractivity contribution in [3.8, 4) is 11.3 Å². The summed E-state index contributed by atoms with van der Waals surface area (Å²) in [6, 6.07) is 5.50. The highest BCUT2D eigenvalue weighted by Crippen LogP contribution is 2.31. The summed E-state index contributed by atoms with van der Waals surface area (Å²) >= 11 is 3.50. The molecule has 0 atom stereocenters. The summed E-state index contributed by atoms with van der Waals surface area (Å²) in [5, 5.41) is 4.33. The van der Waals surface area contributed by atoms with Gasteiger partial charge in [0.15, 0.2) is 5.58 Å². The topological polar surface area (TPSA) is 89.8 Å². The van der Waals surface area contributed by atoms with E-state index in [2.05, 4.69) is 26.0 Å². The highest BCUT2D eigenvalue weighted by molar-refractivity contribution is 9.10. The molecule has 0 spiro atoms. The van der Waals surface area contributed by atoms with Crippen LogP contribution in [-0.2, 0) is 13.6 Å². The Balaban J connectivity index is 2.23. The number of oxazole rings is 1. The maximum atomic E-state index is 11.2. The highest BCUT2D eigenvalue weighted by atomic mass is 79.9. The molecule has 0 aliphatic carbocycles. The fourth-order valence-corrected chi connectivity index (χ4v) is 2.82. The van der Waals surface area contributed by atoms with Gasteiger partial charge in [-0.15, -0.1) is 0 Å². The normalized spacial score (nSPS) is 11.3. The molecular weight excluding hydrogens is 312 g/mol. The molecule has 0 radical (unpaired) electrons. The molecular formula is C12H11BrN4O2. The molecule has 2 heterocycles. The van der Waals surface area contributed by atoms with Crippen molar-refractivity contribution >= 4 is 27.0 Å². The number of fused-ring (bicyclic) bond motifs is 1. The Morgan fingerprint density at radius 3 is 3.00 bits per heavy atom. The van der Waals surface area contributed by atoms with Gasteiger partial charge in [0.2, 0.25) is 0 Å². The first-order chi connectivity index (χ1) is 9.10. The first kappa shape index (κ1) is 12.2. The largest absolute Gasteiger partial charge is 0.417 e. The van der Waals surface area contributed by atoms with E-state index in [1.165, 1.54) is 0 Å². The van der Waals surface area contributed by atoms with Crippen LogP contribution in [0.3, 0.4) is 0 Å². The van der Waals surface area contributed by atoms with Crippen LogP contribution in [0.25, 0.3) is 22.4 Å². The lowest BCUT2D eigenvalue weighted by molar-refractivity contribution is 0.555. The van der Waals surface area contributed by atoms with Crippen LogP contribution in [0.15, 0.2) is 31.9 Å². The zero-order valence-corrected chi connectivity index (χ0v) is 11.7. The van der Waals surface area contributed by atoms with Crippen molar-refractivity contribution in [1.82, 2.24) is 14.8 Å². The van der Waals surface area contributed by atoms with Gasteiger partial charge in [-0.05, 0) is 28.1 Å². The van der Waals surface area contributed by atoms with Crippen molar-refractivity contribution in [2.45, 2.75) is 6.54 Å². The van der Waals surface area contributed by atoms with E-state index >= 15 is 0 Å². The predicted molar refractivity (Wildman–Crippen MR) is 74.6 cm³/mol. The summed E-state index contributed by atoms with van der Waals surface area (Å²) < 4.78 is 7.67. The molecule has 6 nitrogen and oxygen atoms in total. The number of aryl methyl sites for hydroxylation is 1. The summed E-state index contributed by atoms with van der Waals surface area (Å²) in [6.45, 7) is 0.357. The van der Waals surface area contributed by atoms with E-state index in [1.807, 2.05) is 13.1 Å². The third-order valence-corrected chi connectivity index (χ3v) is 3.78. The van der Waals surface area contributed by atoms with Crippen LogP contribution in [0.1, 0.15) is 5.69 Å². The number of aromatic amines is 1. The third kappa shape index (κ3) is 1.91. The molecule has 0 saturated carbocycles. The third-order valence-electron chi connectivity index (χ3n) is 2.94. The minimum atomic E-state index is -0.459. The molecule has 0 aliphatic heterocycles. The average molecular weight is 323 g/mol. The van der Waals surface area contributed by atoms with E-state index in [4.69, 9.17) is 10.2 Å². The molecule has 1 aromatic carbocycles. The van der Waals surface area contributed by atoms with Gasteiger partial charge < -0.3 is 10.2 Å². The standard InChI is InChI=1S/C12H11BrN4O2/c1-17-11(10(13)8(5-14)16-17)6-2-3-7-9(4-6)19-12(18)15-7/h2-4H,5,14H2,1H3,(H,15,18). The van der Waals surface area contributed by atoms with Crippen molar-refractivity contribution in [2.75, 3.05) is 0 Å². The maximum Gasteiger partial charge on any atom is 0.417 e. The molecule has 0 fully saturated rings. The highest BCUT2D eigenvalue weighted by Gasteiger charge is 2.15. The molecule has 3 aromatic rings. The van der Waals surface area contributed by atoms with Gasteiger partial charge in [-0.2, -0.15) is 5.10 Å². The van der Waals surface area contributed by atoms with Crippen LogP contribution in [-0.4, -0.2) is 14.8 Å².